The van der Waals surface area contributed by atoms with Gasteiger partial charge in [0.25, 0.3) is 5.91 Å². The highest BCUT2D eigenvalue weighted by Gasteiger charge is 2.43. The second-order valence-corrected chi connectivity index (χ2v) is 8.61. The lowest BCUT2D eigenvalue weighted by Gasteiger charge is -2.45. The van der Waals surface area contributed by atoms with Crippen molar-refractivity contribution in [3.05, 3.63) is 64.2 Å². The van der Waals surface area contributed by atoms with E-state index in [1.54, 1.807) is 6.07 Å². The highest BCUT2D eigenvalue weighted by molar-refractivity contribution is 7.99. The number of nitrogens with one attached hydrogen (secondary N) is 1. The molecule has 2 aromatic carbocycles. The average molecular weight is 491 g/mol. The number of halogens is 3. The van der Waals surface area contributed by atoms with Gasteiger partial charge in [0, 0.05) is 16.2 Å². The predicted molar refractivity (Wildman–Crippen MR) is 115 cm³/mol. The van der Waals surface area contributed by atoms with Crippen molar-refractivity contribution in [2.75, 3.05) is 17.2 Å². The first-order valence-electron chi connectivity index (χ1n) is 9.81. The normalized spacial score (nSPS) is 19.3. The molecule has 0 saturated carbocycles. The summed E-state index contributed by atoms with van der Waals surface area (Å²) in [4.78, 5) is 25.5. The van der Waals surface area contributed by atoms with E-state index in [0.29, 0.717) is 16.1 Å². The van der Waals surface area contributed by atoms with Gasteiger partial charge in [0.15, 0.2) is 6.23 Å². The fraction of sp³-hybridized carbons (Fsp3) is 0.227. The summed E-state index contributed by atoms with van der Waals surface area (Å²) >= 11 is 1.29. The van der Waals surface area contributed by atoms with Crippen molar-refractivity contribution in [2.45, 2.75) is 23.3 Å². The zero-order valence-corrected chi connectivity index (χ0v) is 17.9. The molecule has 2 aliphatic heterocycles. The maximum Gasteiger partial charge on any atom is 0.416 e. The quantitative estimate of drug-likeness (QED) is 0.513. The molecule has 2 aliphatic rings. The van der Waals surface area contributed by atoms with Crippen LogP contribution in [0.15, 0.2) is 46.9 Å². The fourth-order valence-corrected chi connectivity index (χ4v) is 5.21. The van der Waals surface area contributed by atoms with Gasteiger partial charge in [0.1, 0.15) is 17.9 Å². The second-order valence-electron chi connectivity index (χ2n) is 7.55. The number of nitriles is 1. The Labute approximate surface area is 194 Å². The number of aliphatic hydroxyl groups is 2. The number of aliphatic hydroxyl groups excluding tert-OH is 2. The highest BCUT2D eigenvalue weighted by atomic mass is 32.2. The molecule has 0 radical (unpaired) electrons. The number of carboxylic acid groups (broad SMARTS) is 1. The van der Waals surface area contributed by atoms with Gasteiger partial charge in [-0.2, -0.15) is 18.4 Å². The van der Waals surface area contributed by atoms with Gasteiger partial charge in [0.2, 0.25) is 0 Å². The van der Waals surface area contributed by atoms with Gasteiger partial charge in [0.05, 0.1) is 28.9 Å². The Kier molecular flexibility index (Phi) is 5.93. The number of alkyl halides is 3. The van der Waals surface area contributed by atoms with E-state index >= 15 is 0 Å². The summed E-state index contributed by atoms with van der Waals surface area (Å²) in [7, 11) is 0. The van der Waals surface area contributed by atoms with E-state index in [4.69, 9.17) is 5.11 Å². The Bertz CT molecular complexity index is 1250. The van der Waals surface area contributed by atoms with Crippen LogP contribution in [0.5, 0.6) is 0 Å². The molecule has 0 aromatic heterocycles. The molecule has 0 aliphatic carbocycles. The minimum atomic E-state index is -4.53. The van der Waals surface area contributed by atoms with Gasteiger partial charge < -0.3 is 25.5 Å². The number of thioether (sulfide) groups is 1. The largest absolute Gasteiger partial charge is 0.507 e. The number of benzene rings is 2. The first kappa shape index (κ1) is 23.5. The van der Waals surface area contributed by atoms with Gasteiger partial charge in [-0.25, -0.2) is 0 Å². The van der Waals surface area contributed by atoms with E-state index in [2.05, 4.69) is 5.32 Å². The summed E-state index contributed by atoms with van der Waals surface area (Å²) in [6, 6.07) is 8.52. The molecule has 2 heterocycles. The van der Waals surface area contributed by atoms with Crippen LogP contribution in [0.1, 0.15) is 28.3 Å². The lowest BCUT2D eigenvalue weighted by molar-refractivity contribution is -0.138. The summed E-state index contributed by atoms with van der Waals surface area (Å²) < 4.78 is 39.0. The first-order valence-corrected chi connectivity index (χ1v) is 10.8. The Morgan fingerprint density at radius 3 is 2.50 bits per heavy atom. The number of hydrogen-bond acceptors (Lipinski definition) is 7. The van der Waals surface area contributed by atoms with E-state index in [-0.39, 0.29) is 16.9 Å². The second kappa shape index (κ2) is 8.58. The van der Waals surface area contributed by atoms with Crippen molar-refractivity contribution in [1.29, 1.82) is 5.26 Å². The molecule has 34 heavy (non-hydrogen) atoms. The van der Waals surface area contributed by atoms with Crippen LogP contribution in [0.25, 0.3) is 5.76 Å². The van der Waals surface area contributed by atoms with E-state index < -0.39 is 53.8 Å². The van der Waals surface area contributed by atoms with Crippen molar-refractivity contribution in [1.82, 2.24) is 5.32 Å². The Morgan fingerprint density at radius 1 is 1.24 bits per heavy atom. The number of hydrogen-bond donors (Lipinski definition) is 4. The number of carboxylic acids is 1. The fourth-order valence-electron chi connectivity index (χ4n) is 3.96. The smallest absolute Gasteiger partial charge is 0.416 e. The molecule has 2 atom stereocenters. The van der Waals surface area contributed by atoms with Crippen LogP contribution in [-0.4, -0.2) is 45.7 Å². The minimum Gasteiger partial charge on any atom is -0.507 e. The third-order valence-electron chi connectivity index (χ3n) is 5.49. The third kappa shape index (κ3) is 4.04. The van der Waals surface area contributed by atoms with Crippen LogP contribution < -0.4 is 10.2 Å². The summed E-state index contributed by atoms with van der Waals surface area (Å²) in [5, 5.41) is 42.3. The SMILES string of the molecule is N#Cc1cc2c3c(c1)C(O)=C(C(=O)NCC(=O)O)C(O)N3C(c1ccc(C(F)(F)F)cc1)CS2. The number of rotatable bonds is 4. The first-order chi connectivity index (χ1) is 16.0. The molecule has 0 saturated heterocycles. The molecule has 2 aromatic rings. The Morgan fingerprint density at radius 2 is 1.91 bits per heavy atom. The van der Waals surface area contributed by atoms with E-state index in [9.17, 15) is 38.2 Å². The zero-order chi connectivity index (χ0) is 24.8. The van der Waals surface area contributed by atoms with Gasteiger partial charge in [-0.15, -0.1) is 11.8 Å². The standard InChI is InChI=1S/C22H16F3N3O5S/c23-22(24,25)12-3-1-11(2-4-12)14-9-34-15-6-10(7-26)5-13-18(15)28(14)21(33)17(19(13)31)20(32)27-8-16(29)30/h1-6,14,21,31,33H,8-9H2,(H,27,32)(H,29,30). The maximum atomic E-state index is 13.0. The molecule has 2 unspecified atom stereocenters. The highest BCUT2D eigenvalue weighted by Crippen LogP contribution is 2.51. The van der Waals surface area contributed by atoms with Crippen molar-refractivity contribution in [3.8, 4) is 6.07 Å². The number of anilines is 1. The molecular weight excluding hydrogens is 475 g/mol. The number of aliphatic carboxylic acids is 1. The minimum absolute atomic E-state index is 0.0731. The average Bonchev–Trinajstić information content (AvgIpc) is 2.80. The molecule has 0 bridgehead atoms. The molecule has 0 spiro atoms. The van der Waals surface area contributed by atoms with Crippen LogP contribution in [0.4, 0.5) is 18.9 Å². The lowest BCUT2D eigenvalue weighted by Crippen LogP contribution is -2.49. The lowest BCUT2D eigenvalue weighted by atomic mass is 9.93. The summed E-state index contributed by atoms with van der Waals surface area (Å²) in [6.07, 6.45) is -6.26. The molecule has 12 heteroatoms. The van der Waals surface area contributed by atoms with Crippen LogP contribution in [0.2, 0.25) is 0 Å². The van der Waals surface area contributed by atoms with E-state index in [1.165, 1.54) is 34.9 Å². The number of amides is 1. The van der Waals surface area contributed by atoms with Crippen LogP contribution in [0, 0.1) is 11.3 Å². The van der Waals surface area contributed by atoms with Crippen LogP contribution in [0.3, 0.4) is 0 Å². The van der Waals surface area contributed by atoms with Gasteiger partial charge in [-0.3, -0.25) is 9.59 Å². The predicted octanol–water partition coefficient (Wildman–Crippen LogP) is 3.03. The molecule has 176 valence electrons. The molecular formula is C22H16F3N3O5S. The van der Waals surface area contributed by atoms with Crippen molar-refractivity contribution < 1.29 is 38.1 Å². The Hall–Kier alpha value is -3.69. The topological polar surface area (TPSA) is 134 Å². The molecule has 8 nitrogen and oxygen atoms in total. The molecule has 4 N–H and O–H groups in total. The number of carbonyl (C=O) groups is 2. The van der Waals surface area contributed by atoms with Crippen LogP contribution >= 0.6 is 11.8 Å². The molecule has 0 fully saturated rings. The maximum absolute atomic E-state index is 13.0. The van der Waals surface area contributed by atoms with Gasteiger partial charge in [-0.05, 0) is 29.8 Å². The molecule has 4 rings (SSSR count). The van der Waals surface area contributed by atoms with Crippen molar-refractivity contribution in [3.63, 3.8) is 0 Å². The summed E-state index contributed by atoms with van der Waals surface area (Å²) in [6.45, 7) is -0.767. The third-order valence-corrected chi connectivity index (χ3v) is 6.60. The zero-order valence-electron chi connectivity index (χ0n) is 17.1. The summed E-state index contributed by atoms with van der Waals surface area (Å²) in [5.41, 5.74) is -0.373. The number of nitrogens with zero attached hydrogens (tertiary/aromatic N) is 2. The summed E-state index contributed by atoms with van der Waals surface area (Å²) in [5.74, 6) is -2.74. The van der Waals surface area contributed by atoms with E-state index in [0.717, 1.165) is 12.1 Å². The Balaban J connectivity index is 1.84. The molecule has 1 amide bonds. The van der Waals surface area contributed by atoms with Crippen molar-refractivity contribution >= 4 is 35.1 Å². The van der Waals surface area contributed by atoms with Gasteiger partial charge in [-0.1, -0.05) is 12.1 Å². The van der Waals surface area contributed by atoms with Gasteiger partial charge >= 0.3 is 12.1 Å². The monoisotopic (exact) mass is 491 g/mol. The number of carbonyl (C=O) groups excluding carboxylic acids is 1. The van der Waals surface area contributed by atoms with Crippen molar-refractivity contribution in [2.24, 2.45) is 0 Å². The van der Waals surface area contributed by atoms with E-state index in [1.807, 2.05) is 6.07 Å². The van der Waals surface area contributed by atoms with Crippen LogP contribution in [-0.2, 0) is 15.8 Å².